The number of rotatable bonds is 1. The van der Waals surface area contributed by atoms with Crippen molar-refractivity contribution < 1.29 is 9.84 Å². The third-order valence-corrected chi connectivity index (χ3v) is 6.41. The number of hydrogen-bond donors (Lipinski definition) is 1. The number of aliphatic hydroxyl groups is 1. The molecule has 0 bridgehead atoms. The van der Waals surface area contributed by atoms with Crippen LogP contribution in [-0.4, -0.2) is 18.3 Å². The molecule has 0 aromatic heterocycles. The summed E-state index contributed by atoms with van der Waals surface area (Å²) in [5.74, 6) is 2.87. The quantitative estimate of drug-likeness (QED) is 0.797. The Hall–Kier alpha value is -1.28. The van der Waals surface area contributed by atoms with Gasteiger partial charge in [0.2, 0.25) is 0 Å². The molecule has 1 saturated carbocycles. The standard InChI is InChI=1S/C19H24O2/c1-19-10-9-15-14-6-4-13(21-2)11-12(14)3-5-16(15)17(19)7-8-18(19)20/h4,6-8,11,15-18,20H,3,5,9-10H2,1-2H3/t15?,16?,17?,18-,19-/m0/s1. The summed E-state index contributed by atoms with van der Waals surface area (Å²) >= 11 is 0. The van der Waals surface area contributed by atoms with Crippen LogP contribution in [0.4, 0.5) is 0 Å². The average Bonchev–Trinajstić information content (AvgIpc) is 2.82. The summed E-state index contributed by atoms with van der Waals surface area (Å²) in [5, 5.41) is 10.3. The maximum Gasteiger partial charge on any atom is 0.119 e. The minimum atomic E-state index is -0.249. The average molecular weight is 284 g/mol. The lowest BCUT2D eigenvalue weighted by Gasteiger charge is -2.50. The van der Waals surface area contributed by atoms with Crippen LogP contribution in [0.3, 0.4) is 0 Å². The number of aryl methyl sites for hydroxylation is 1. The molecule has 3 aliphatic carbocycles. The molecule has 0 heterocycles. The van der Waals surface area contributed by atoms with Crippen LogP contribution in [0.1, 0.15) is 43.2 Å². The molecule has 1 aromatic rings. The number of allylic oxidation sites excluding steroid dienone is 1. The van der Waals surface area contributed by atoms with Gasteiger partial charge in [0.15, 0.2) is 0 Å². The van der Waals surface area contributed by atoms with Crippen molar-refractivity contribution in [1.82, 2.24) is 0 Å². The normalized spacial score (nSPS) is 40.3. The van der Waals surface area contributed by atoms with E-state index in [1.807, 2.05) is 6.08 Å². The van der Waals surface area contributed by atoms with Crippen LogP contribution in [-0.2, 0) is 6.42 Å². The minimum Gasteiger partial charge on any atom is -0.497 e. The van der Waals surface area contributed by atoms with E-state index >= 15 is 0 Å². The Kier molecular flexibility index (Phi) is 2.94. The smallest absolute Gasteiger partial charge is 0.119 e. The number of hydrogen-bond acceptors (Lipinski definition) is 2. The largest absolute Gasteiger partial charge is 0.497 e. The van der Waals surface area contributed by atoms with Gasteiger partial charge in [-0.05, 0) is 66.7 Å². The molecule has 0 spiro atoms. The van der Waals surface area contributed by atoms with Gasteiger partial charge in [-0.3, -0.25) is 0 Å². The first-order valence-electron chi connectivity index (χ1n) is 8.16. The maximum atomic E-state index is 10.3. The van der Waals surface area contributed by atoms with Crippen LogP contribution >= 0.6 is 0 Å². The molecule has 4 rings (SSSR count). The van der Waals surface area contributed by atoms with Gasteiger partial charge in [0.05, 0.1) is 13.2 Å². The summed E-state index contributed by atoms with van der Waals surface area (Å²) in [6.45, 7) is 2.28. The highest BCUT2D eigenvalue weighted by atomic mass is 16.5. The third kappa shape index (κ3) is 1.81. The van der Waals surface area contributed by atoms with Crippen molar-refractivity contribution in [1.29, 1.82) is 0 Å². The molecule has 1 aromatic carbocycles. The second-order valence-electron chi connectivity index (χ2n) is 7.27. The van der Waals surface area contributed by atoms with Gasteiger partial charge < -0.3 is 9.84 Å². The van der Waals surface area contributed by atoms with Crippen molar-refractivity contribution >= 4 is 0 Å². The second kappa shape index (κ2) is 4.61. The number of aliphatic hydroxyl groups excluding tert-OH is 1. The zero-order chi connectivity index (χ0) is 14.6. The van der Waals surface area contributed by atoms with Crippen molar-refractivity contribution in [2.24, 2.45) is 17.3 Å². The summed E-state index contributed by atoms with van der Waals surface area (Å²) in [7, 11) is 1.74. The first-order chi connectivity index (χ1) is 10.1. The number of fused-ring (bicyclic) bond motifs is 5. The Morgan fingerprint density at radius 1 is 1.24 bits per heavy atom. The van der Waals surface area contributed by atoms with Gasteiger partial charge in [-0.15, -0.1) is 0 Å². The van der Waals surface area contributed by atoms with Gasteiger partial charge in [0, 0.05) is 5.41 Å². The van der Waals surface area contributed by atoms with Crippen molar-refractivity contribution in [2.45, 2.75) is 44.6 Å². The maximum absolute atomic E-state index is 10.3. The van der Waals surface area contributed by atoms with Crippen LogP contribution in [0, 0.1) is 17.3 Å². The van der Waals surface area contributed by atoms with E-state index in [9.17, 15) is 5.11 Å². The molecule has 2 nitrogen and oxygen atoms in total. The fraction of sp³-hybridized carbons (Fsp3) is 0.579. The number of ether oxygens (including phenoxy) is 1. The molecule has 112 valence electrons. The molecule has 2 heteroatoms. The van der Waals surface area contributed by atoms with Crippen molar-refractivity contribution in [3.8, 4) is 5.75 Å². The predicted molar refractivity (Wildman–Crippen MR) is 83.5 cm³/mol. The second-order valence-corrected chi connectivity index (χ2v) is 7.27. The Bertz CT molecular complexity index is 591. The molecule has 3 unspecified atom stereocenters. The molecule has 5 atom stereocenters. The fourth-order valence-corrected chi connectivity index (χ4v) is 5.12. The molecule has 0 saturated heterocycles. The highest BCUT2D eigenvalue weighted by Gasteiger charge is 2.52. The van der Waals surface area contributed by atoms with Gasteiger partial charge in [0.1, 0.15) is 5.75 Å². The Morgan fingerprint density at radius 3 is 2.90 bits per heavy atom. The van der Waals surface area contributed by atoms with E-state index in [-0.39, 0.29) is 11.5 Å². The van der Waals surface area contributed by atoms with Crippen LogP contribution in [0.2, 0.25) is 0 Å². The summed E-state index contributed by atoms with van der Waals surface area (Å²) in [6.07, 6.45) is 8.80. The Morgan fingerprint density at radius 2 is 2.10 bits per heavy atom. The Balaban J connectivity index is 1.70. The molecule has 0 radical (unpaired) electrons. The molecular formula is C19H24O2. The zero-order valence-corrected chi connectivity index (χ0v) is 12.9. The molecule has 21 heavy (non-hydrogen) atoms. The van der Waals surface area contributed by atoms with E-state index in [2.05, 4.69) is 31.2 Å². The van der Waals surface area contributed by atoms with Gasteiger partial charge in [-0.25, -0.2) is 0 Å². The monoisotopic (exact) mass is 284 g/mol. The predicted octanol–water partition coefficient (Wildman–Crippen LogP) is 3.69. The SMILES string of the molecule is COc1ccc2c(c1)CCC1C2CC[C@@]2(C)C1C=C[C@@H]2O. The van der Waals surface area contributed by atoms with Crippen LogP contribution in [0.25, 0.3) is 0 Å². The lowest BCUT2D eigenvalue weighted by Crippen LogP contribution is -2.44. The zero-order valence-electron chi connectivity index (χ0n) is 12.9. The highest BCUT2D eigenvalue weighted by Crippen LogP contribution is 2.58. The lowest BCUT2D eigenvalue weighted by atomic mass is 9.55. The summed E-state index contributed by atoms with van der Waals surface area (Å²) in [4.78, 5) is 0. The molecule has 0 aliphatic heterocycles. The van der Waals surface area contributed by atoms with Crippen molar-refractivity contribution in [3.63, 3.8) is 0 Å². The van der Waals surface area contributed by atoms with Gasteiger partial charge >= 0.3 is 0 Å². The minimum absolute atomic E-state index is 0.0745. The van der Waals surface area contributed by atoms with E-state index in [4.69, 9.17) is 4.74 Å². The molecule has 3 aliphatic rings. The number of methoxy groups -OCH3 is 1. The van der Waals surface area contributed by atoms with Gasteiger partial charge in [-0.1, -0.05) is 25.1 Å². The van der Waals surface area contributed by atoms with Crippen LogP contribution in [0.15, 0.2) is 30.4 Å². The van der Waals surface area contributed by atoms with Crippen LogP contribution < -0.4 is 4.74 Å². The molecular weight excluding hydrogens is 260 g/mol. The van der Waals surface area contributed by atoms with Crippen LogP contribution in [0.5, 0.6) is 5.75 Å². The molecule has 1 fully saturated rings. The van der Waals surface area contributed by atoms with E-state index in [1.54, 1.807) is 7.11 Å². The van der Waals surface area contributed by atoms with E-state index in [0.717, 1.165) is 18.6 Å². The molecule has 1 N–H and O–H groups in total. The topological polar surface area (TPSA) is 29.5 Å². The number of benzene rings is 1. The van der Waals surface area contributed by atoms with Crippen molar-refractivity contribution in [2.75, 3.05) is 7.11 Å². The van der Waals surface area contributed by atoms with E-state index < -0.39 is 0 Å². The lowest BCUT2D eigenvalue weighted by molar-refractivity contribution is -0.0101. The summed E-state index contributed by atoms with van der Waals surface area (Å²) in [5.41, 5.74) is 3.08. The Labute approximate surface area is 126 Å². The summed E-state index contributed by atoms with van der Waals surface area (Å²) < 4.78 is 5.37. The molecule has 0 amide bonds. The van der Waals surface area contributed by atoms with E-state index in [0.29, 0.717) is 17.8 Å². The third-order valence-electron chi connectivity index (χ3n) is 6.41. The fourth-order valence-electron chi connectivity index (χ4n) is 5.12. The first kappa shape index (κ1) is 13.4. The van der Waals surface area contributed by atoms with Gasteiger partial charge in [0.25, 0.3) is 0 Å². The summed E-state index contributed by atoms with van der Waals surface area (Å²) in [6, 6.07) is 6.61. The van der Waals surface area contributed by atoms with Gasteiger partial charge in [-0.2, -0.15) is 0 Å². The highest BCUT2D eigenvalue weighted by molar-refractivity contribution is 5.41. The van der Waals surface area contributed by atoms with Crippen molar-refractivity contribution in [3.05, 3.63) is 41.5 Å². The first-order valence-corrected chi connectivity index (χ1v) is 8.16. The van der Waals surface area contributed by atoms with E-state index in [1.165, 1.54) is 24.0 Å².